The highest BCUT2D eigenvalue weighted by atomic mass is 35.5. The van der Waals surface area contributed by atoms with Crippen LogP contribution >= 0.6 is 34.7 Å². The summed E-state index contributed by atoms with van der Waals surface area (Å²) in [6.45, 7) is 5.41. The van der Waals surface area contributed by atoms with E-state index in [2.05, 4.69) is 5.32 Å². The summed E-state index contributed by atoms with van der Waals surface area (Å²) >= 11 is 8.13. The van der Waals surface area contributed by atoms with Crippen LogP contribution in [0, 0.1) is 5.92 Å². The van der Waals surface area contributed by atoms with E-state index in [0.29, 0.717) is 31.9 Å². The number of hydrogen-bond acceptors (Lipinski definition) is 8. The van der Waals surface area contributed by atoms with Crippen molar-refractivity contribution in [3.05, 3.63) is 73.7 Å². The first-order chi connectivity index (χ1) is 18.5. The van der Waals surface area contributed by atoms with E-state index >= 15 is 0 Å². The van der Waals surface area contributed by atoms with Crippen LogP contribution in [-0.2, 0) is 31.1 Å². The fraction of sp³-hybridized carbons (Fsp3) is 0.296. The quantitative estimate of drug-likeness (QED) is 0.338. The molecule has 3 amide bonds. The second-order valence-electron chi connectivity index (χ2n) is 9.66. The highest BCUT2D eigenvalue weighted by Crippen LogP contribution is 2.54. The number of thioether (sulfide) groups is 1. The van der Waals surface area contributed by atoms with Crippen molar-refractivity contribution in [1.29, 1.82) is 0 Å². The number of esters is 1. The van der Waals surface area contributed by atoms with Crippen molar-refractivity contribution in [2.24, 2.45) is 5.92 Å². The smallest absolute Gasteiger partial charge is 0.338 e. The largest absolute Gasteiger partial charge is 0.462 e. The number of amides is 3. The van der Waals surface area contributed by atoms with Gasteiger partial charge in [0.2, 0.25) is 17.7 Å². The van der Waals surface area contributed by atoms with Crippen LogP contribution in [0.5, 0.6) is 0 Å². The first kappa shape index (κ1) is 27.2. The van der Waals surface area contributed by atoms with Crippen molar-refractivity contribution in [2.45, 2.75) is 43.0 Å². The lowest BCUT2D eigenvalue weighted by Crippen LogP contribution is -2.41. The van der Waals surface area contributed by atoms with Crippen molar-refractivity contribution in [3.8, 4) is 0 Å². The first-order valence-electron chi connectivity index (χ1n) is 12.1. The summed E-state index contributed by atoms with van der Waals surface area (Å²) < 4.78 is 6.32. The van der Waals surface area contributed by atoms with Crippen molar-refractivity contribution in [2.75, 3.05) is 16.8 Å². The van der Waals surface area contributed by atoms with Gasteiger partial charge in [0.15, 0.2) is 0 Å². The third-order valence-corrected chi connectivity index (χ3v) is 9.85. The number of ether oxygens (including phenoxy) is 1. The number of rotatable bonds is 6. The first-order valence-corrected chi connectivity index (χ1v) is 14.2. The second-order valence-corrected chi connectivity index (χ2v) is 12.2. The minimum absolute atomic E-state index is 0.256. The second kappa shape index (κ2) is 10.3. The molecule has 0 spiro atoms. The molecule has 5 rings (SSSR count). The molecular formula is C27H24ClN3O6S2. The molecule has 1 N–H and O–H groups in total. The van der Waals surface area contributed by atoms with Crippen LogP contribution in [0.1, 0.15) is 36.0 Å². The number of aromatic nitrogens is 1. The van der Waals surface area contributed by atoms with Crippen molar-refractivity contribution >= 4 is 69.8 Å². The molecule has 1 saturated heterocycles. The highest BCUT2D eigenvalue weighted by molar-refractivity contribution is 8.00. The zero-order chi connectivity index (χ0) is 28.1. The minimum atomic E-state index is -0.812. The number of carbonyl (C=O) groups excluding carboxylic acids is 4. The maximum atomic E-state index is 13.5. The van der Waals surface area contributed by atoms with E-state index < -0.39 is 28.5 Å². The molecule has 3 aromatic rings. The Bertz CT molecular complexity index is 1540. The monoisotopic (exact) mass is 585 g/mol. The molecule has 3 heterocycles. The third-order valence-electron chi connectivity index (χ3n) is 6.77. The molecule has 1 fully saturated rings. The summed E-state index contributed by atoms with van der Waals surface area (Å²) in [4.78, 5) is 66.3. The molecule has 39 heavy (non-hydrogen) atoms. The summed E-state index contributed by atoms with van der Waals surface area (Å²) in [5.74, 6) is -2.27. The van der Waals surface area contributed by atoms with Gasteiger partial charge in [-0.05, 0) is 55.5 Å². The van der Waals surface area contributed by atoms with E-state index in [1.54, 1.807) is 55.5 Å². The summed E-state index contributed by atoms with van der Waals surface area (Å²) in [7, 11) is 0. The van der Waals surface area contributed by atoms with Crippen molar-refractivity contribution in [1.82, 2.24) is 4.57 Å². The highest BCUT2D eigenvalue weighted by Gasteiger charge is 2.59. The van der Waals surface area contributed by atoms with Gasteiger partial charge in [-0.25, -0.2) is 9.69 Å². The maximum Gasteiger partial charge on any atom is 0.338 e. The van der Waals surface area contributed by atoms with Gasteiger partial charge in [-0.2, -0.15) is 0 Å². The van der Waals surface area contributed by atoms with Gasteiger partial charge in [0.05, 0.1) is 28.8 Å². The summed E-state index contributed by atoms with van der Waals surface area (Å²) in [5.41, 5.74) is 0.436. The Labute approximate surface area is 237 Å². The normalized spacial score (nSPS) is 19.4. The van der Waals surface area contributed by atoms with Crippen LogP contribution in [0.15, 0.2) is 58.4 Å². The number of nitrogens with one attached hydrogen (secondary N) is 1. The molecule has 202 valence electrons. The molecule has 2 aromatic carbocycles. The number of nitrogens with zero attached hydrogens (tertiary/aromatic N) is 2. The van der Waals surface area contributed by atoms with Crippen molar-refractivity contribution in [3.63, 3.8) is 0 Å². The number of anilines is 2. The Kier molecular flexibility index (Phi) is 7.17. The van der Waals surface area contributed by atoms with Crippen LogP contribution in [0.25, 0.3) is 0 Å². The number of halogens is 1. The van der Waals surface area contributed by atoms with Gasteiger partial charge in [0.25, 0.3) is 0 Å². The van der Waals surface area contributed by atoms with E-state index in [1.165, 1.54) is 9.47 Å². The van der Waals surface area contributed by atoms with Crippen LogP contribution in [0.4, 0.5) is 11.4 Å². The van der Waals surface area contributed by atoms with E-state index in [4.69, 9.17) is 16.3 Å². The predicted octanol–water partition coefficient (Wildman–Crippen LogP) is 4.32. The van der Waals surface area contributed by atoms with Gasteiger partial charge >= 0.3 is 10.8 Å². The molecule has 2 aliphatic rings. The predicted molar refractivity (Wildman–Crippen MR) is 150 cm³/mol. The molecular weight excluding hydrogens is 562 g/mol. The van der Waals surface area contributed by atoms with Crippen LogP contribution in [-0.4, -0.2) is 40.1 Å². The maximum absolute atomic E-state index is 13.5. The average Bonchev–Trinajstić information content (AvgIpc) is 3.34. The van der Waals surface area contributed by atoms with E-state index in [0.717, 1.165) is 23.1 Å². The Hall–Kier alpha value is -3.41. The summed E-state index contributed by atoms with van der Waals surface area (Å²) in [6.07, 6.45) is 0. The van der Waals surface area contributed by atoms with Crippen LogP contribution in [0.3, 0.4) is 0 Å². The van der Waals surface area contributed by atoms with E-state index in [9.17, 15) is 24.0 Å². The molecule has 0 aliphatic carbocycles. The van der Waals surface area contributed by atoms with Gasteiger partial charge in [-0.3, -0.25) is 23.7 Å². The molecule has 9 nitrogen and oxygen atoms in total. The lowest BCUT2D eigenvalue weighted by Gasteiger charge is -2.36. The fourth-order valence-electron chi connectivity index (χ4n) is 4.86. The summed E-state index contributed by atoms with van der Waals surface area (Å²) in [6, 6.07) is 12.7. The number of carbonyl (C=O) groups is 4. The number of fused-ring (bicyclic) bond motifs is 2. The van der Waals surface area contributed by atoms with Gasteiger partial charge in [-0.15, -0.1) is 0 Å². The van der Waals surface area contributed by atoms with Crippen LogP contribution < -0.4 is 15.1 Å². The third kappa shape index (κ3) is 4.79. The molecule has 1 aromatic heterocycles. The standard InChI is InChI=1S/C27H24ClN3O6S2/c1-4-37-25(35)14-5-9-16(10-6-14)29-18(32)13-30-24-21(39-26(30)36)27(2,3)19-20(38-24)23(34)31(22(19)33)17-11-7-15(28)8-12-17/h5-12,19-20H,4,13H2,1-3H3,(H,29,32). The Balaban J connectivity index is 1.39. The minimum Gasteiger partial charge on any atom is -0.462 e. The summed E-state index contributed by atoms with van der Waals surface area (Å²) in [5, 5.41) is 3.00. The van der Waals surface area contributed by atoms with Gasteiger partial charge < -0.3 is 10.1 Å². The Morgan fingerprint density at radius 3 is 2.33 bits per heavy atom. The lowest BCUT2D eigenvalue weighted by molar-refractivity contribution is -0.123. The Morgan fingerprint density at radius 2 is 1.69 bits per heavy atom. The zero-order valence-electron chi connectivity index (χ0n) is 21.2. The molecule has 0 radical (unpaired) electrons. The molecule has 0 saturated carbocycles. The van der Waals surface area contributed by atoms with Gasteiger partial charge in [0.1, 0.15) is 11.8 Å². The molecule has 2 atom stereocenters. The molecule has 2 unspecified atom stereocenters. The van der Waals surface area contributed by atoms with E-state index in [1.807, 2.05) is 13.8 Å². The number of hydrogen-bond donors (Lipinski definition) is 1. The number of imide groups is 1. The van der Waals surface area contributed by atoms with Gasteiger partial charge in [0, 0.05) is 21.0 Å². The van der Waals surface area contributed by atoms with Crippen molar-refractivity contribution < 1.29 is 23.9 Å². The average molecular weight is 586 g/mol. The van der Waals surface area contributed by atoms with Gasteiger partial charge in [-0.1, -0.05) is 48.5 Å². The SMILES string of the molecule is CCOC(=O)c1ccc(NC(=O)Cn2c3c(sc2=O)C(C)(C)C2C(=O)N(c4ccc(Cl)cc4)C(=O)C2S3)cc1. The lowest BCUT2D eigenvalue weighted by atomic mass is 9.76. The molecule has 12 heteroatoms. The molecule has 0 bridgehead atoms. The topological polar surface area (TPSA) is 115 Å². The zero-order valence-corrected chi connectivity index (χ0v) is 23.6. The number of benzene rings is 2. The fourth-order valence-corrected chi connectivity index (χ4v) is 8.02. The Morgan fingerprint density at radius 1 is 1.03 bits per heavy atom. The number of thiazole rings is 1. The molecule has 2 aliphatic heterocycles. The van der Waals surface area contributed by atoms with Crippen LogP contribution in [0.2, 0.25) is 5.02 Å². The van der Waals surface area contributed by atoms with E-state index in [-0.39, 0.29) is 29.8 Å².